The molecule has 1 heterocycles. The van der Waals surface area contributed by atoms with Gasteiger partial charge >= 0.3 is 6.03 Å². The number of nitrogen functional groups attached to an aromatic ring is 1. The maximum absolute atomic E-state index is 12.0. The molecule has 1 fully saturated rings. The molecule has 3 rings (SSSR count). The van der Waals surface area contributed by atoms with E-state index in [0.29, 0.717) is 22.8 Å². The summed E-state index contributed by atoms with van der Waals surface area (Å²) in [6.07, 6.45) is 4.32. The van der Waals surface area contributed by atoms with Crippen LogP contribution in [0.1, 0.15) is 25.7 Å². The Morgan fingerprint density at radius 2 is 2.10 bits per heavy atom. The summed E-state index contributed by atoms with van der Waals surface area (Å²) in [5.74, 6) is 0.280. The normalized spacial score (nSPS) is 17.6. The smallest absolute Gasteiger partial charge is 0.319 e. The monoisotopic (exact) mass is 290 g/mol. The number of fused-ring (bicyclic) bond motifs is 1. The van der Waals surface area contributed by atoms with Gasteiger partial charge in [-0.25, -0.2) is 4.79 Å². The minimum atomic E-state index is -0.281. The molecule has 112 valence electrons. The van der Waals surface area contributed by atoms with Crippen LogP contribution in [0.15, 0.2) is 12.1 Å². The minimum Gasteiger partial charge on any atom is -0.482 e. The third-order valence-electron chi connectivity index (χ3n) is 3.72. The first kappa shape index (κ1) is 13.5. The molecule has 1 aliphatic heterocycles. The van der Waals surface area contributed by atoms with Crippen molar-refractivity contribution in [1.82, 2.24) is 5.32 Å². The molecule has 1 aliphatic carbocycles. The molecule has 0 aromatic heterocycles. The maximum Gasteiger partial charge on any atom is 0.319 e. The number of carbonyl (C=O) groups excluding carboxylic acids is 2. The van der Waals surface area contributed by atoms with Gasteiger partial charge in [0.15, 0.2) is 6.61 Å². The molecule has 3 amide bonds. The van der Waals surface area contributed by atoms with E-state index in [1.807, 2.05) is 0 Å². The van der Waals surface area contributed by atoms with Gasteiger partial charge in [0.05, 0.1) is 17.1 Å². The fraction of sp³-hybridized carbons (Fsp3) is 0.429. The highest BCUT2D eigenvalue weighted by Crippen LogP contribution is 2.35. The third-order valence-corrected chi connectivity index (χ3v) is 3.72. The second-order valence-corrected chi connectivity index (χ2v) is 5.35. The van der Waals surface area contributed by atoms with Crippen molar-refractivity contribution in [2.45, 2.75) is 31.7 Å². The molecule has 0 atom stereocenters. The highest BCUT2D eigenvalue weighted by atomic mass is 16.5. The number of carbonyl (C=O) groups is 2. The number of anilines is 3. The molecule has 0 spiro atoms. The molecule has 1 saturated carbocycles. The summed E-state index contributed by atoms with van der Waals surface area (Å²) in [4.78, 5) is 23.3. The van der Waals surface area contributed by atoms with Gasteiger partial charge in [-0.05, 0) is 18.9 Å². The number of benzene rings is 1. The van der Waals surface area contributed by atoms with Crippen molar-refractivity contribution in [1.29, 1.82) is 0 Å². The molecule has 1 aromatic carbocycles. The van der Waals surface area contributed by atoms with Crippen LogP contribution in [0.25, 0.3) is 0 Å². The topological polar surface area (TPSA) is 105 Å². The summed E-state index contributed by atoms with van der Waals surface area (Å²) >= 11 is 0. The van der Waals surface area contributed by atoms with Crippen LogP contribution in [0.3, 0.4) is 0 Å². The van der Waals surface area contributed by atoms with E-state index in [0.717, 1.165) is 25.7 Å². The first-order valence-electron chi connectivity index (χ1n) is 7.05. The van der Waals surface area contributed by atoms with Crippen molar-refractivity contribution >= 4 is 29.0 Å². The van der Waals surface area contributed by atoms with Crippen LogP contribution < -0.4 is 26.4 Å². The molecule has 0 radical (unpaired) electrons. The average Bonchev–Trinajstić information content (AvgIpc) is 2.93. The number of hydrogen-bond donors (Lipinski definition) is 4. The Kier molecular flexibility index (Phi) is 3.55. The minimum absolute atomic E-state index is 0.0264. The first-order valence-corrected chi connectivity index (χ1v) is 7.05. The third kappa shape index (κ3) is 3.01. The lowest BCUT2D eigenvalue weighted by atomic mass is 10.2. The summed E-state index contributed by atoms with van der Waals surface area (Å²) < 4.78 is 5.26. The lowest BCUT2D eigenvalue weighted by molar-refractivity contribution is -0.118. The van der Waals surface area contributed by atoms with Gasteiger partial charge in [-0.3, -0.25) is 4.79 Å². The molecule has 7 heteroatoms. The number of rotatable bonds is 2. The van der Waals surface area contributed by atoms with Crippen molar-refractivity contribution in [2.24, 2.45) is 0 Å². The Labute approximate surface area is 122 Å². The van der Waals surface area contributed by atoms with Gasteiger partial charge in [-0.2, -0.15) is 0 Å². The highest BCUT2D eigenvalue weighted by molar-refractivity contribution is 5.99. The molecule has 21 heavy (non-hydrogen) atoms. The quantitative estimate of drug-likeness (QED) is 0.622. The highest BCUT2D eigenvalue weighted by Gasteiger charge is 2.20. The SMILES string of the molecule is Nc1cc2c(cc1NC(=O)NC1CCCC1)NC(=O)CO2. The molecule has 0 bridgehead atoms. The predicted octanol–water partition coefficient (Wildman–Crippen LogP) is 1.66. The number of nitrogens with two attached hydrogens (primary N) is 1. The Morgan fingerprint density at radius 1 is 1.33 bits per heavy atom. The predicted molar refractivity (Wildman–Crippen MR) is 79.4 cm³/mol. The van der Waals surface area contributed by atoms with E-state index >= 15 is 0 Å². The van der Waals surface area contributed by atoms with Crippen LogP contribution >= 0.6 is 0 Å². The molecule has 0 saturated heterocycles. The summed E-state index contributed by atoms with van der Waals surface area (Å²) in [6.45, 7) is -0.0264. The molecular weight excluding hydrogens is 272 g/mol. The Hall–Kier alpha value is -2.44. The number of urea groups is 1. The van der Waals surface area contributed by atoms with Gasteiger partial charge in [-0.1, -0.05) is 12.8 Å². The molecule has 2 aliphatic rings. The van der Waals surface area contributed by atoms with Crippen molar-refractivity contribution in [3.63, 3.8) is 0 Å². The van der Waals surface area contributed by atoms with Crippen molar-refractivity contribution in [3.8, 4) is 5.75 Å². The summed E-state index contributed by atoms with van der Waals surface area (Å²) in [6, 6.07) is 3.15. The van der Waals surface area contributed by atoms with E-state index in [1.54, 1.807) is 12.1 Å². The lowest BCUT2D eigenvalue weighted by Crippen LogP contribution is -2.36. The molecule has 1 aromatic rings. The first-order chi connectivity index (χ1) is 10.1. The van der Waals surface area contributed by atoms with Gasteiger partial charge in [0, 0.05) is 12.1 Å². The van der Waals surface area contributed by atoms with Crippen LogP contribution in [-0.4, -0.2) is 24.6 Å². The average molecular weight is 290 g/mol. The fourth-order valence-electron chi connectivity index (χ4n) is 2.66. The second-order valence-electron chi connectivity index (χ2n) is 5.35. The van der Waals surface area contributed by atoms with Gasteiger partial charge in [-0.15, -0.1) is 0 Å². The van der Waals surface area contributed by atoms with E-state index < -0.39 is 0 Å². The fourth-order valence-corrected chi connectivity index (χ4v) is 2.66. The standard InChI is InChI=1S/C14H18N4O3/c15-9-5-12-11(17-13(19)7-21-12)6-10(9)18-14(20)16-8-3-1-2-4-8/h5-6,8H,1-4,7,15H2,(H,17,19)(H2,16,18,20). The van der Waals surface area contributed by atoms with Gasteiger partial charge in [0.2, 0.25) is 0 Å². The van der Waals surface area contributed by atoms with E-state index in [-0.39, 0.29) is 24.6 Å². The van der Waals surface area contributed by atoms with Gasteiger partial charge in [0.1, 0.15) is 5.75 Å². The van der Waals surface area contributed by atoms with E-state index in [1.165, 1.54) is 0 Å². The number of nitrogens with one attached hydrogen (secondary N) is 3. The van der Waals surface area contributed by atoms with Crippen LogP contribution in [-0.2, 0) is 4.79 Å². The molecule has 5 N–H and O–H groups in total. The molecular formula is C14H18N4O3. The van der Waals surface area contributed by atoms with Crippen molar-refractivity contribution in [2.75, 3.05) is 23.0 Å². The van der Waals surface area contributed by atoms with Crippen LogP contribution in [0.2, 0.25) is 0 Å². The van der Waals surface area contributed by atoms with Crippen molar-refractivity contribution in [3.05, 3.63) is 12.1 Å². The maximum atomic E-state index is 12.0. The zero-order valence-electron chi connectivity index (χ0n) is 11.6. The number of amides is 3. The van der Waals surface area contributed by atoms with E-state index in [4.69, 9.17) is 10.5 Å². The van der Waals surface area contributed by atoms with Crippen molar-refractivity contribution < 1.29 is 14.3 Å². The van der Waals surface area contributed by atoms with Gasteiger partial charge < -0.3 is 26.4 Å². The van der Waals surface area contributed by atoms with E-state index in [9.17, 15) is 9.59 Å². The zero-order chi connectivity index (χ0) is 14.8. The summed E-state index contributed by atoms with van der Waals surface area (Å²) in [7, 11) is 0. The molecule has 0 unspecified atom stereocenters. The Morgan fingerprint density at radius 3 is 2.86 bits per heavy atom. The number of hydrogen-bond acceptors (Lipinski definition) is 4. The Bertz CT molecular complexity index is 582. The molecule has 7 nitrogen and oxygen atoms in total. The Balaban J connectivity index is 1.71. The summed E-state index contributed by atoms with van der Waals surface area (Å²) in [5.41, 5.74) is 7.26. The summed E-state index contributed by atoms with van der Waals surface area (Å²) in [5, 5.41) is 8.32. The largest absolute Gasteiger partial charge is 0.482 e. The second kappa shape index (κ2) is 5.51. The number of ether oxygens (including phenoxy) is 1. The zero-order valence-corrected chi connectivity index (χ0v) is 11.6. The van der Waals surface area contributed by atoms with Crippen LogP contribution in [0, 0.1) is 0 Å². The lowest BCUT2D eigenvalue weighted by Gasteiger charge is -2.20. The van der Waals surface area contributed by atoms with Crippen LogP contribution in [0.5, 0.6) is 5.75 Å². The van der Waals surface area contributed by atoms with E-state index in [2.05, 4.69) is 16.0 Å². The van der Waals surface area contributed by atoms with Gasteiger partial charge in [0.25, 0.3) is 5.91 Å². The van der Waals surface area contributed by atoms with Crippen LogP contribution in [0.4, 0.5) is 21.9 Å².